The van der Waals surface area contributed by atoms with Crippen LogP contribution in [-0.2, 0) is 4.79 Å². The summed E-state index contributed by atoms with van der Waals surface area (Å²) < 4.78 is 27.0. The molecule has 0 aliphatic heterocycles. The number of halogens is 3. The molecule has 1 saturated carbocycles. The summed E-state index contributed by atoms with van der Waals surface area (Å²) in [5.41, 5.74) is 0.609. The molecule has 1 aromatic rings. The second-order valence-electron chi connectivity index (χ2n) is 5.12. The molecule has 0 saturated heterocycles. The predicted molar refractivity (Wildman–Crippen MR) is 74.4 cm³/mol. The van der Waals surface area contributed by atoms with Gasteiger partial charge in [0.15, 0.2) is 5.78 Å². The summed E-state index contributed by atoms with van der Waals surface area (Å²) in [5, 5.41) is 9.27. The highest BCUT2D eigenvalue weighted by atomic mass is 79.9. The maximum atomic E-state index is 13.1. The van der Waals surface area contributed by atoms with Crippen LogP contribution < -0.4 is 0 Å². The van der Waals surface area contributed by atoms with E-state index < -0.39 is 17.8 Å². The van der Waals surface area contributed by atoms with E-state index in [9.17, 15) is 18.8 Å². The average Bonchev–Trinajstić information content (AvgIpc) is 2.41. The van der Waals surface area contributed by atoms with Crippen molar-refractivity contribution in [1.29, 1.82) is 5.26 Å². The first-order valence-electron chi connectivity index (χ1n) is 6.50. The van der Waals surface area contributed by atoms with Gasteiger partial charge in [-0.05, 0) is 24.5 Å². The summed E-state index contributed by atoms with van der Waals surface area (Å²) in [7, 11) is 0. The molecule has 1 aliphatic rings. The number of hydrogen-bond donors (Lipinski definition) is 0. The topological polar surface area (TPSA) is 40.9 Å². The van der Waals surface area contributed by atoms with Gasteiger partial charge in [-0.15, -0.1) is 0 Å². The molecule has 0 spiro atoms. The number of nitriles is 1. The molecular weight excluding hydrogens is 328 g/mol. The van der Waals surface area contributed by atoms with Crippen molar-refractivity contribution in [3.8, 4) is 6.07 Å². The summed E-state index contributed by atoms with van der Waals surface area (Å²) in [5.74, 6) is -4.23. The number of Topliss-reactive ketones (excluding diaryl/α,β-unsaturated/α-hetero) is 1. The zero-order valence-electron chi connectivity index (χ0n) is 10.8. The largest absolute Gasteiger partial charge is 0.298 e. The van der Waals surface area contributed by atoms with Crippen molar-refractivity contribution in [3.63, 3.8) is 0 Å². The fraction of sp³-hybridized carbons (Fsp3) is 0.467. The van der Waals surface area contributed by atoms with Crippen molar-refractivity contribution in [2.45, 2.75) is 37.5 Å². The molecule has 0 amide bonds. The highest BCUT2D eigenvalue weighted by Gasteiger charge is 2.39. The number of ketones is 1. The third kappa shape index (κ3) is 3.24. The summed E-state index contributed by atoms with van der Waals surface area (Å²) in [4.78, 5) is 12.4. The highest BCUT2D eigenvalue weighted by molar-refractivity contribution is 9.10. The highest BCUT2D eigenvalue weighted by Crippen LogP contribution is 2.39. The third-order valence-electron chi connectivity index (χ3n) is 3.75. The monoisotopic (exact) mass is 341 g/mol. The standard InChI is InChI=1S/C15H14BrF2NO/c16-13-4-2-1-3-11(13)12(9-19)14(20)10-5-7-15(17,18)8-6-10/h1-4,10,12H,5-8H2. The fourth-order valence-corrected chi connectivity index (χ4v) is 3.07. The van der Waals surface area contributed by atoms with E-state index in [0.717, 1.165) is 0 Å². The lowest BCUT2D eigenvalue weighted by atomic mass is 9.79. The van der Waals surface area contributed by atoms with Crippen molar-refractivity contribution < 1.29 is 13.6 Å². The lowest BCUT2D eigenvalue weighted by Gasteiger charge is -2.28. The van der Waals surface area contributed by atoms with E-state index >= 15 is 0 Å². The normalized spacial score (nSPS) is 20.1. The van der Waals surface area contributed by atoms with Crippen LogP contribution in [0.2, 0.25) is 0 Å². The Balaban J connectivity index is 2.16. The molecule has 1 atom stereocenters. The van der Waals surface area contributed by atoms with Crippen LogP contribution in [0.5, 0.6) is 0 Å². The van der Waals surface area contributed by atoms with Gasteiger partial charge in [-0.3, -0.25) is 4.79 Å². The molecule has 20 heavy (non-hydrogen) atoms. The van der Waals surface area contributed by atoms with Gasteiger partial charge in [-0.2, -0.15) is 5.26 Å². The first kappa shape index (κ1) is 15.1. The molecule has 0 radical (unpaired) electrons. The zero-order chi connectivity index (χ0) is 14.8. The predicted octanol–water partition coefficient (Wildman–Crippen LogP) is 4.45. The minimum atomic E-state index is -2.66. The lowest BCUT2D eigenvalue weighted by molar-refractivity contribution is -0.127. The Kier molecular flexibility index (Phi) is 4.54. The second-order valence-corrected chi connectivity index (χ2v) is 5.97. The molecule has 1 unspecified atom stereocenters. The van der Waals surface area contributed by atoms with E-state index in [4.69, 9.17) is 0 Å². The van der Waals surface area contributed by atoms with Crippen molar-refractivity contribution in [2.75, 3.05) is 0 Å². The van der Waals surface area contributed by atoms with E-state index in [-0.39, 0.29) is 31.5 Å². The molecule has 0 heterocycles. The number of benzene rings is 1. The lowest BCUT2D eigenvalue weighted by Crippen LogP contribution is -2.31. The Labute approximate surface area is 124 Å². The maximum absolute atomic E-state index is 13.1. The van der Waals surface area contributed by atoms with Gasteiger partial charge in [0.05, 0.1) is 6.07 Å². The number of rotatable bonds is 3. The molecule has 1 aromatic carbocycles. The number of carbonyl (C=O) groups is 1. The summed E-state index contributed by atoms with van der Waals surface area (Å²) in [6.45, 7) is 0. The quantitative estimate of drug-likeness (QED) is 0.814. The van der Waals surface area contributed by atoms with Crippen molar-refractivity contribution in [3.05, 3.63) is 34.3 Å². The molecule has 1 aliphatic carbocycles. The van der Waals surface area contributed by atoms with Crippen molar-refractivity contribution in [1.82, 2.24) is 0 Å². The van der Waals surface area contributed by atoms with Crippen molar-refractivity contribution >= 4 is 21.7 Å². The molecule has 106 valence electrons. The Morgan fingerprint density at radius 2 is 1.95 bits per heavy atom. The number of carbonyl (C=O) groups excluding carboxylic acids is 1. The van der Waals surface area contributed by atoms with Crippen LogP contribution in [0, 0.1) is 17.2 Å². The summed E-state index contributed by atoms with van der Waals surface area (Å²) >= 11 is 3.32. The number of hydrogen-bond acceptors (Lipinski definition) is 2. The zero-order valence-corrected chi connectivity index (χ0v) is 12.4. The summed E-state index contributed by atoms with van der Waals surface area (Å²) in [6, 6.07) is 9.05. The van der Waals surface area contributed by atoms with Gasteiger partial charge >= 0.3 is 0 Å². The van der Waals surface area contributed by atoms with Crippen LogP contribution in [0.4, 0.5) is 8.78 Å². The Morgan fingerprint density at radius 3 is 2.50 bits per heavy atom. The van der Waals surface area contributed by atoms with Crippen molar-refractivity contribution in [2.24, 2.45) is 5.92 Å². The first-order chi connectivity index (χ1) is 9.44. The summed E-state index contributed by atoms with van der Waals surface area (Å²) in [6.07, 6.45) is -0.210. The SMILES string of the molecule is N#CC(C(=O)C1CCC(F)(F)CC1)c1ccccc1Br. The minimum absolute atomic E-state index is 0.161. The third-order valence-corrected chi connectivity index (χ3v) is 4.47. The average molecular weight is 342 g/mol. The Bertz CT molecular complexity index is 543. The molecule has 5 heteroatoms. The Hall–Kier alpha value is -1.28. The second kappa shape index (κ2) is 6.01. The van der Waals surface area contributed by atoms with Crippen LogP contribution in [0.15, 0.2) is 28.7 Å². The van der Waals surface area contributed by atoms with Gasteiger partial charge in [0.2, 0.25) is 5.92 Å². The van der Waals surface area contributed by atoms with Gasteiger partial charge in [-0.25, -0.2) is 8.78 Å². The van der Waals surface area contributed by atoms with Crippen LogP contribution in [-0.4, -0.2) is 11.7 Å². The van der Waals surface area contributed by atoms with E-state index in [2.05, 4.69) is 15.9 Å². The van der Waals surface area contributed by atoms with E-state index in [1.807, 2.05) is 6.07 Å². The molecule has 1 fully saturated rings. The molecular formula is C15H14BrF2NO. The molecule has 2 rings (SSSR count). The number of nitrogens with zero attached hydrogens (tertiary/aromatic N) is 1. The molecule has 2 nitrogen and oxygen atoms in total. The molecule has 0 bridgehead atoms. The van der Waals surface area contributed by atoms with Crippen LogP contribution in [0.3, 0.4) is 0 Å². The smallest absolute Gasteiger partial charge is 0.248 e. The Morgan fingerprint density at radius 1 is 1.35 bits per heavy atom. The first-order valence-corrected chi connectivity index (χ1v) is 7.29. The molecule has 0 aromatic heterocycles. The fourth-order valence-electron chi connectivity index (χ4n) is 2.56. The van der Waals surface area contributed by atoms with Gasteiger partial charge < -0.3 is 0 Å². The van der Waals surface area contributed by atoms with Crippen LogP contribution >= 0.6 is 15.9 Å². The van der Waals surface area contributed by atoms with Gasteiger partial charge in [0.1, 0.15) is 5.92 Å². The van der Waals surface area contributed by atoms with Gasteiger partial charge in [-0.1, -0.05) is 34.1 Å². The molecule has 0 N–H and O–H groups in total. The van der Waals surface area contributed by atoms with E-state index in [1.54, 1.807) is 24.3 Å². The van der Waals surface area contributed by atoms with Gasteiger partial charge in [0, 0.05) is 23.2 Å². The van der Waals surface area contributed by atoms with E-state index in [0.29, 0.717) is 10.0 Å². The van der Waals surface area contributed by atoms with Gasteiger partial charge in [0.25, 0.3) is 0 Å². The van der Waals surface area contributed by atoms with E-state index in [1.165, 1.54) is 0 Å². The number of alkyl halides is 2. The van der Waals surface area contributed by atoms with Crippen LogP contribution in [0.1, 0.15) is 37.2 Å². The van der Waals surface area contributed by atoms with Crippen LogP contribution in [0.25, 0.3) is 0 Å². The maximum Gasteiger partial charge on any atom is 0.248 e. The minimum Gasteiger partial charge on any atom is -0.298 e.